The zero-order valence-electron chi connectivity index (χ0n) is 15.6. The van der Waals surface area contributed by atoms with Crippen LogP contribution in [0.3, 0.4) is 0 Å². The summed E-state index contributed by atoms with van der Waals surface area (Å²) >= 11 is 0. The van der Waals surface area contributed by atoms with Crippen molar-refractivity contribution >= 4 is 23.2 Å². The van der Waals surface area contributed by atoms with Crippen molar-refractivity contribution in [1.29, 1.82) is 0 Å². The molecule has 2 amide bonds. The molecule has 0 heterocycles. The van der Waals surface area contributed by atoms with E-state index >= 15 is 0 Å². The molecule has 0 aliphatic heterocycles. The minimum absolute atomic E-state index is 0.0157. The van der Waals surface area contributed by atoms with E-state index in [0.717, 1.165) is 16.9 Å². The standard InChI is InChI=1S/C21H26N2O2/c1-15-7-6-8-18(13-15)22-20(25)14-23(16(2)24)19-11-9-17(10-12-19)21(3,4)5/h6-13H,14H2,1-5H3,(H,22,25). The van der Waals surface area contributed by atoms with E-state index in [9.17, 15) is 9.59 Å². The van der Waals surface area contributed by atoms with Crippen molar-refractivity contribution in [3.8, 4) is 0 Å². The van der Waals surface area contributed by atoms with Crippen LogP contribution in [0.15, 0.2) is 48.5 Å². The number of carbonyl (C=O) groups excluding carboxylic acids is 2. The average Bonchev–Trinajstić information content (AvgIpc) is 2.51. The highest BCUT2D eigenvalue weighted by molar-refractivity contribution is 6.01. The Bertz CT molecular complexity index is 758. The van der Waals surface area contributed by atoms with Crippen molar-refractivity contribution in [2.45, 2.75) is 40.0 Å². The van der Waals surface area contributed by atoms with Crippen LogP contribution in [0, 0.1) is 6.92 Å². The van der Waals surface area contributed by atoms with E-state index < -0.39 is 0 Å². The molecular formula is C21H26N2O2. The fourth-order valence-electron chi connectivity index (χ4n) is 2.59. The van der Waals surface area contributed by atoms with Crippen LogP contribution in [0.4, 0.5) is 11.4 Å². The molecule has 0 atom stereocenters. The van der Waals surface area contributed by atoms with Crippen molar-refractivity contribution in [2.75, 3.05) is 16.8 Å². The van der Waals surface area contributed by atoms with Crippen LogP contribution in [-0.4, -0.2) is 18.4 Å². The average molecular weight is 338 g/mol. The Kier molecular flexibility index (Phi) is 5.62. The molecule has 0 saturated heterocycles. The summed E-state index contributed by atoms with van der Waals surface area (Å²) in [6.45, 7) is 9.84. The summed E-state index contributed by atoms with van der Waals surface area (Å²) in [4.78, 5) is 25.8. The van der Waals surface area contributed by atoms with Crippen LogP contribution in [0.2, 0.25) is 0 Å². The van der Waals surface area contributed by atoms with Crippen LogP contribution in [0.5, 0.6) is 0 Å². The maximum atomic E-state index is 12.3. The molecule has 0 radical (unpaired) electrons. The van der Waals surface area contributed by atoms with Gasteiger partial charge in [0.1, 0.15) is 6.54 Å². The van der Waals surface area contributed by atoms with Gasteiger partial charge in [-0.3, -0.25) is 9.59 Å². The third-order valence-corrected chi connectivity index (χ3v) is 4.03. The Morgan fingerprint density at radius 2 is 1.68 bits per heavy atom. The van der Waals surface area contributed by atoms with Crippen molar-refractivity contribution in [1.82, 2.24) is 0 Å². The maximum Gasteiger partial charge on any atom is 0.244 e. The first-order chi connectivity index (χ1) is 11.7. The van der Waals surface area contributed by atoms with Gasteiger partial charge in [-0.15, -0.1) is 0 Å². The summed E-state index contributed by atoms with van der Waals surface area (Å²) in [6.07, 6.45) is 0. The number of benzene rings is 2. The summed E-state index contributed by atoms with van der Waals surface area (Å²) in [5.41, 5.74) is 3.75. The summed E-state index contributed by atoms with van der Waals surface area (Å²) in [5.74, 6) is -0.386. The lowest BCUT2D eigenvalue weighted by Gasteiger charge is -2.23. The number of anilines is 2. The van der Waals surface area contributed by atoms with Gasteiger partial charge in [-0.25, -0.2) is 0 Å². The number of nitrogens with one attached hydrogen (secondary N) is 1. The molecule has 0 aliphatic rings. The number of amides is 2. The van der Waals surface area contributed by atoms with Crippen LogP contribution < -0.4 is 10.2 Å². The Balaban J connectivity index is 2.13. The van der Waals surface area contributed by atoms with Crippen molar-refractivity contribution < 1.29 is 9.59 Å². The Hall–Kier alpha value is -2.62. The molecular weight excluding hydrogens is 312 g/mol. The van der Waals surface area contributed by atoms with E-state index in [2.05, 4.69) is 26.1 Å². The number of aryl methyl sites for hydroxylation is 1. The first-order valence-corrected chi connectivity index (χ1v) is 8.42. The van der Waals surface area contributed by atoms with Gasteiger partial charge in [0.25, 0.3) is 0 Å². The number of carbonyl (C=O) groups is 2. The van der Waals surface area contributed by atoms with Crippen LogP contribution in [0.25, 0.3) is 0 Å². The highest BCUT2D eigenvalue weighted by atomic mass is 16.2. The Labute approximate surface area is 149 Å². The number of nitrogens with zero attached hydrogens (tertiary/aromatic N) is 1. The SMILES string of the molecule is CC(=O)N(CC(=O)Nc1cccc(C)c1)c1ccc(C(C)(C)C)cc1. The molecule has 0 bridgehead atoms. The van der Waals surface area contributed by atoms with Crippen LogP contribution in [0.1, 0.15) is 38.8 Å². The molecule has 4 nitrogen and oxygen atoms in total. The summed E-state index contributed by atoms with van der Waals surface area (Å²) < 4.78 is 0. The smallest absolute Gasteiger partial charge is 0.244 e. The molecule has 2 aromatic rings. The molecule has 0 fully saturated rings. The maximum absolute atomic E-state index is 12.3. The second-order valence-corrected chi connectivity index (χ2v) is 7.32. The second kappa shape index (κ2) is 7.51. The molecule has 0 unspecified atom stereocenters. The van der Waals surface area contributed by atoms with E-state index in [1.165, 1.54) is 17.4 Å². The largest absolute Gasteiger partial charge is 0.325 e. The van der Waals surface area contributed by atoms with Gasteiger partial charge in [-0.2, -0.15) is 0 Å². The van der Waals surface area contributed by atoms with Crippen LogP contribution in [-0.2, 0) is 15.0 Å². The lowest BCUT2D eigenvalue weighted by molar-refractivity contribution is -0.120. The zero-order chi connectivity index (χ0) is 18.6. The highest BCUT2D eigenvalue weighted by Crippen LogP contribution is 2.25. The second-order valence-electron chi connectivity index (χ2n) is 7.32. The van der Waals surface area contributed by atoms with Crippen LogP contribution >= 0.6 is 0 Å². The van der Waals surface area contributed by atoms with E-state index in [1.807, 2.05) is 55.5 Å². The summed E-state index contributed by atoms with van der Waals surface area (Å²) in [7, 11) is 0. The topological polar surface area (TPSA) is 49.4 Å². The molecule has 2 rings (SSSR count). The molecule has 132 valence electrons. The summed E-state index contributed by atoms with van der Waals surface area (Å²) in [5, 5.41) is 2.84. The number of rotatable bonds is 4. The van der Waals surface area contributed by atoms with E-state index in [-0.39, 0.29) is 23.8 Å². The Morgan fingerprint density at radius 3 is 2.20 bits per heavy atom. The molecule has 0 spiro atoms. The molecule has 1 N–H and O–H groups in total. The Morgan fingerprint density at radius 1 is 1.04 bits per heavy atom. The molecule has 0 aromatic heterocycles. The summed E-state index contributed by atoms with van der Waals surface area (Å²) in [6, 6.07) is 15.4. The van der Waals surface area contributed by atoms with Gasteiger partial charge in [0.05, 0.1) is 0 Å². The van der Waals surface area contributed by atoms with Gasteiger partial charge >= 0.3 is 0 Å². The van der Waals surface area contributed by atoms with Crippen molar-refractivity contribution in [3.05, 3.63) is 59.7 Å². The van der Waals surface area contributed by atoms with E-state index in [0.29, 0.717) is 0 Å². The van der Waals surface area contributed by atoms with Crippen molar-refractivity contribution in [2.24, 2.45) is 0 Å². The normalized spacial score (nSPS) is 11.1. The van der Waals surface area contributed by atoms with Gasteiger partial charge in [0, 0.05) is 18.3 Å². The number of hydrogen-bond acceptors (Lipinski definition) is 2. The van der Waals surface area contributed by atoms with Gasteiger partial charge < -0.3 is 10.2 Å². The van der Waals surface area contributed by atoms with Gasteiger partial charge in [0.2, 0.25) is 11.8 Å². The fraction of sp³-hybridized carbons (Fsp3) is 0.333. The third kappa shape index (κ3) is 5.18. The van der Waals surface area contributed by atoms with Gasteiger partial charge in [0.15, 0.2) is 0 Å². The molecule has 4 heteroatoms. The minimum atomic E-state index is -0.222. The molecule has 25 heavy (non-hydrogen) atoms. The van der Waals surface area contributed by atoms with E-state index in [4.69, 9.17) is 0 Å². The highest BCUT2D eigenvalue weighted by Gasteiger charge is 2.18. The predicted octanol–water partition coefficient (Wildman–Crippen LogP) is 4.28. The van der Waals surface area contributed by atoms with Crippen molar-refractivity contribution in [3.63, 3.8) is 0 Å². The monoisotopic (exact) mass is 338 g/mol. The first-order valence-electron chi connectivity index (χ1n) is 8.42. The third-order valence-electron chi connectivity index (χ3n) is 4.03. The predicted molar refractivity (Wildman–Crippen MR) is 103 cm³/mol. The van der Waals surface area contributed by atoms with E-state index in [1.54, 1.807) is 0 Å². The lowest BCUT2D eigenvalue weighted by Crippen LogP contribution is -2.36. The molecule has 2 aromatic carbocycles. The quantitative estimate of drug-likeness (QED) is 0.904. The molecule has 0 aliphatic carbocycles. The fourth-order valence-corrected chi connectivity index (χ4v) is 2.59. The number of hydrogen-bond donors (Lipinski definition) is 1. The molecule has 0 saturated carbocycles. The zero-order valence-corrected chi connectivity index (χ0v) is 15.6. The van der Waals surface area contributed by atoms with Gasteiger partial charge in [-0.05, 0) is 47.7 Å². The first kappa shape index (κ1) is 18.7. The van der Waals surface area contributed by atoms with Gasteiger partial charge in [-0.1, -0.05) is 45.0 Å². The lowest BCUT2D eigenvalue weighted by atomic mass is 9.87. The minimum Gasteiger partial charge on any atom is -0.325 e.